The number of hydrogen-bond donors (Lipinski definition) is 0. The first kappa shape index (κ1) is 22.6. The third-order valence-electron chi connectivity index (χ3n) is 5.75. The van der Waals surface area contributed by atoms with Crippen LogP contribution in [-0.2, 0) is 11.3 Å². The Labute approximate surface area is 207 Å². The molecule has 0 N–H and O–H groups in total. The van der Waals surface area contributed by atoms with Crippen LogP contribution < -0.4 is 4.74 Å². The molecule has 1 aliphatic rings. The van der Waals surface area contributed by atoms with Crippen LogP contribution >= 0.6 is 11.8 Å². The summed E-state index contributed by atoms with van der Waals surface area (Å²) in [4.78, 5) is 40.1. The van der Waals surface area contributed by atoms with E-state index in [4.69, 9.17) is 4.74 Å². The predicted molar refractivity (Wildman–Crippen MR) is 138 cm³/mol. The summed E-state index contributed by atoms with van der Waals surface area (Å²) in [6, 6.07) is 27.8. The zero-order valence-corrected chi connectivity index (χ0v) is 19.7. The number of ether oxygens (including phenoxy) is 1. The van der Waals surface area contributed by atoms with Crippen molar-refractivity contribution in [1.82, 2.24) is 4.90 Å². The highest BCUT2D eigenvalue weighted by Crippen LogP contribution is 2.35. The molecule has 2 amide bonds. The molecule has 0 radical (unpaired) electrons. The van der Waals surface area contributed by atoms with Gasteiger partial charge in [-0.2, -0.15) is 0 Å². The maximum atomic E-state index is 13.0. The topological polar surface area (TPSA) is 63.7 Å². The van der Waals surface area contributed by atoms with Gasteiger partial charge >= 0.3 is 5.97 Å². The Hall–Kier alpha value is -4.16. The van der Waals surface area contributed by atoms with Crippen LogP contribution in [0.2, 0.25) is 0 Å². The molecule has 1 fully saturated rings. The van der Waals surface area contributed by atoms with E-state index in [0.717, 1.165) is 33.7 Å². The number of nitrogens with zero attached hydrogens (tertiary/aromatic N) is 1. The van der Waals surface area contributed by atoms with Crippen LogP contribution in [0.5, 0.6) is 5.75 Å². The lowest BCUT2D eigenvalue weighted by atomic mass is 10.0. The minimum atomic E-state index is -0.491. The van der Waals surface area contributed by atoms with Gasteiger partial charge in [-0.3, -0.25) is 14.5 Å². The van der Waals surface area contributed by atoms with Crippen molar-refractivity contribution in [3.05, 3.63) is 118 Å². The maximum Gasteiger partial charge on any atom is 0.344 e. The highest BCUT2D eigenvalue weighted by Gasteiger charge is 2.35. The van der Waals surface area contributed by atoms with Gasteiger partial charge in [0, 0.05) is 5.56 Å². The van der Waals surface area contributed by atoms with E-state index < -0.39 is 5.97 Å². The van der Waals surface area contributed by atoms with E-state index in [1.165, 1.54) is 4.90 Å². The average Bonchev–Trinajstić information content (AvgIpc) is 3.13. The van der Waals surface area contributed by atoms with Crippen molar-refractivity contribution in [2.75, 3.05) is 0 Å². The van der Waals surface area contributed by atoms with Crippen LogP contribution in [0, 0.1) is 6.92 Å². The summed E-state index contributed by atoms with van der Waals surface area (Å²) in [7, 11) is 0. The Morgan fingerprint density at radius 2 is 1.60 bits per heavy atom. The number of carbonyl (C=O) groups excluding carboxylic acids is 3. The summed E-state index contributed by atoms with van der Waals surface area (Å²) in [5.41, 5.74) is 2.99. The summed E-state index contributed by atoms with van der Waals surface area (Å²) in [5, 5.41) is 1.42. The molecule has 5 rings (SSSR count). The molecule has 0 atom stereocenters. The van der Waals surface area contributed by atoms with Crippen LogP contribution in [-0.4, -0.2) is 22.0 Å². The number of esters is 1. The van der Waals surface area contributed by atoms with Gasteiger partial charge in [0.25, 0.3) is 11.1 Å². The van der Waals surface area contributed by atoms with Gasteiger partial charge in [0.05, 0.1) is 17.0 Å². The number of aryl methyl sites for hydroxylation is 1. The minimum absolute atomic E-state index is 0.208. The second-order valence-corrected chi connectivity index (χ2v) is 9.20. The van der Waals surface area contributed by atoms with Gasteiger partial charge in [0.2, 0.25) is 0 Å². The zero-order valence-electron chi connectivity index (χ0n) is 18.9. The Kier molecular flexibility index (Phi) is 6.21. The molecule has 6 heteroatoms. The zero-order chi connectivity index (χ0) is 24.4. The van der Waals surface area contributed by atoms with Gasteiger partial charge in [0.15, 0.2) is 0 Å². The summed E-state index contributed by atoms with van der Waals surface area (Å²) in [6.45, 7) is 2.19. The van der Waals surface area contributed by atoms with Crippen LogP contribution in [0.1, 0.15) is 27.0 Å². The number of amides is 2. The lowest BCUT2D eigenvalue weighted by molar-refractivity contribution is -0.123. The Morgan fingerprint density at radius 1 is 0.886 bits per heavy atom. The van der Waals surface area contributed by atoms with Crippen LogP contribution in [0.3, 0.4) is 0 Å². The molecule has 0 bridgehead atoms. The van der Waals surface area contributed by atoms with Gasteiger partial charge < -0.3 is 4.74 Å². The van der Waals surface area contributed by atoms with Crippen molar-refractivity contribution in [2.45, 2.75) is 13.5 Å². The second kappa shape index (κ2) is 9.60. The van der Waals surface area contributed by atoms with E-state index >= 15 is 0 Å². The molecule has 4 aromatic carbocycles. The first-order chi connectivity index (χ1) is 17.0. The van der Waals surface area contributed by atoms with Gasteiger partial charge in [0.1, 0.15) is 5.75 Å². The average molecular weight is 480 g/mol. The standard InChI is InChI=1S/C29H21NO4S/c1-19-13-15-20(16-14-19)18-30-27(31)26(35-29(30)33)17-22-8-3-5-12-25(22)34-28(32)24-11-6-9-21-7-2-4-10-23(21)24/h2-17H,18H2,1H3/b26-17-. The summed E-state index contributed by atoms with van der Waals surface area (Å²) >= 11 is 0.883. The van der Waals surface area contributed by atoms with E-state index in [-0.39, 0.29) is 22.6 Å². The smallest absolute Gasteiger partial charge is 0.344 e. The molecule has 1 saturated heterocycles. The van der Waals surface area contributed by atoms with Gasteiger partial charge in [-0.15, -0.1) is 0 Å². The first-order valence-corrected chi connectivity index (χ1v) is 11.9. The quantitative estimate of drug-likeness (QED) is 0.183. The first-order valence-electron chi connectivity index (χ1n) is 11.1. The lowest BCUT2D eigenvalue weighted by Gasteiger charge is -2.12. The molecular weight excluding hydrogens is 458 g/mol. The molecule has 0 unspecified atom stereocenters. The van der Waals surface area contributed by atoms with E-state index in [1.807, 2.05) is 67.6 Å². The molecule has 4 aromatic rings. The van der Waals surface area contributed by atoms with E-state index in [2.05, 4.69) is 0 Å². The fourth-order valence-corrected chi connectivity index (χ4v) is 4.73. The fourth-order valence-electron chi connectivity index (χ4n) is 3.90. The number of fused-ring (bicyclic) bond motifs is 1. The molecule has 1 aliphatic heterocycles. The van der Waals surface area contributed by atoms with Crippen molar-refractivity contribution in [1.29, 1.82) is 0 Å². The lowest BCUT2D eigenvalue weighted by Crippen LogP contribution is -2.27. The van der Waals surface area contributed by atoms with Crippen LogP contribution in [0.4, 0.5) is 4.79 Å². The Bertz CT molecular complexity index is 1490. The van der Waals surface area contributed by atoms with Crippen molar-refractivity contribution in [3.8, 4) is 5.75 Å². The van der Waals surface area contributed by atoms with Gasteiger partial charge in [-0.1, -0.05) is 84.4 Å². The molecule has 0 aromatic heterocycles. The molecule has 35 heavy (non-hydrogen) atoms. The van der Waals surface area contributed by atoms with Gasteiger partial charge in [-0.05, 0) is 53.2 Å². The molecule has 0 spiro atoms. The van der Waals surface area contributed by atoms with E-state index in [0.29, 0.717) is 16.9 Å². The number of hydrogen-bond acceptors (Lipinski definition) is 5. The summed E-state index contributed by atoms with van der Waals surface area (Å²) < 4.78 is 5.74. The number of imide groups is 1. The van der Waals surface area contributed by atoms with Crippen LogP contribution in [0.25, 0.3) is 16.8 Å². The van der Waals surface area contributed by atoms with Gasteiger partial charge in [-0.25, -0.2) is 4.79 Å². The summed E-state index contributed by atoms with van der Waals surface area (Å²) in [5.74, 6) is -0.540. The maximum absolute atomic E-state index is 13.0. The van der Waals surface area contributed by atoms with Crippen LogP contribution in [0.15, 0.2) is 95.9 Å². The van der Waals surface area contributed by atoms with Crippen molar-refractivity contribution in [2.24, 2.45) is 0 Å². The highest BCUT2D eigenvalue weighted by atomic mass is 32.2. The van der Waals surface area contributed by atoms with Crippen molar-refractivity contribution in [3.63, 3.8) is 0 Å². The normalized spacial score (nSPS) is 14.7. The molecule has 0 saturated carbocycles. The Balaban J connectivity index is 1.39. The minimum Gasteiger partial charge on any atom is -0.422 e. The largest absolute Gasteiger partial charge is 0.422 e. The number of carbonyl (C=O) groups is 3. The van der Waals surface area contributed by atoms with Crippen molar-refractivity contribution >= 4 is 45.7 Å². The fraction of sp³-hybridized carbons (Fsp3) is 0.0690. The number of thioether (sulfide) groups is 1. The predicted octanol–water partition coefficient (Wildman–Crippen LogP) is 6.60. The molecule has 1 heterocycles. The third kappa shape index (κ3) is 4.74. The second-order valence-electron chi connectivity index (χ2n) is 8.21. The summed E-state index contributed by atoms with van der Waals surface area (Å²) in [6.07, 6.45) is 1.60. The molecule has 172 valence electrons. The number of rotatable bonds is 5. The monoisotopic (exact) mass is 479 g/mol. The highest BCUT2D eigenvalue weighted by molar-refractivity contribution is 8.18. The SMILES string of the molecule is Cc1ccc(CN2C(=O)S/C(=C\c3ccccc3OC(=O)c3cccc4ccccc34)C2=O)cc1. The molecule has 0 aliphatic carbocycles. The molecule has 5 nitrogen and oxygen atoms in total. The molecular formula is C29H21NO4S. The number of para-hydroxylation sites is 1. The van der Waals surface area contributed by atoms with E-state index in [1.54, 1.807) is 36.4 Å². The Morgan fingerprint density at radius 3 is 2.43 bits per heavy atom. The van der Waals surface area contributed by atoms with Crippen molar-refractivity contribution < 1.29 is 19.1 Å². The third-order valence-corrected chi connectivity index (χ3v) is 6.66. The van der Waals surface area contributed by atoms with E-state index in [9.17, 15) is 14.4 Å². The number of benzene rings is 4.